The first-order chi connectivity index (χ1) is 12.7. The number of carbonyl (C=O) groups is 1. The number of fused-ring (bicyclic) bond motifs is 1. The summed E-state index contributed by atoms with van der Waals surface area (Å²) in [7, 11) is 1.64. The fraction of sp³-hybridized carbons (Fsp3) is 0.381. The minimum Gasteiger partial charge on any atom is -0.497 e. The zero-order valence-electron chi connectivity index (χ0n) is 15.4. The Morgan fingerprint density at radius 2 is 1.96 bits per heavy atom. The van der Waals surface area contributed by atoms with Gasteiger partial charge >= 0.3 is 0 Å². The van der Waals surface area contributed by atoms with Gasteiger partial charge in [-0.3, -0.25) is 4.79 Å². The van der Waals surface area contributed by atoms with Crippen LogP contribution < -0.4 is 15.8 Å². The molecule has 6 heteroatoms. The quantitative estimate of drug-likeness (QED) is 0.839. The molecule has 0 aromatic heterocycles. The van der Waals surface area contributed by atoms with Crippen LogP contribution in [0.5, 0.6) is 5.75 Å². The zero-order chi connectivity index (χ0) is 18.1. The highest BCUT2D eigenvalue weighted by Gasteiger charge is 2.42. The average Bonchev–Trinajstić information content (AvgIpc) is 3.24. The van der Waals surface area contributed by atoms with Crippen LogP contribution in [0.15, 0.2) is 48.5 Å². The van der Waals surface area contributed by atoms with E-state index in [2.05, 4.69) is 5.32 Å². The van der Waals surface area contributed by atoms with Gasteiger partial charge in [0.1, 0.15) is 5.75 Å². The second-order valence-electron chi connectivity index (χ2n) is 7.28. The first kappa shape index (κ1) is 19.5. The van der Waals surface area contributed by atoms with Gasteiger partial charge in [0.15, 0.2) is 0 Å². The molecule has 3 atom stereocenters. The number of likely N-dealkylation sites (tertiary alicyclic amines) is 1. The summed E-state index contributed by atoms with van der Waals surface area (Å²) < 4.78 is 5.28. The van der Waals surface area contributed by atoms with E-state index in [0.29, 0.717) is 17.4 Å². The zero-order valence-corrected chi connectivity index (χ0v) is 16.2. The molecule has 1 aliphatic carbocycles. The van der Waals surface area contributed by atoms with E-state index in [1.165, 1.54) is 0 Å². The molecule has 1 aliphatic heterocycles. The molecule has 1 heterocycles. The number of methoxy groups -OCH3 is 1. The molecule has 27 heavy (non-hydrogen) atoms. The number of anilines is 2. The molecule has 4 rings (SSSR count). The van der Waals surface area contributed by atoms with Gasteiger partial charge in [0.05, 0.1) is 18.4 Å². The van der Waals surface area contributed by atoms with Crippen LogP contribution in [-0.2, 0) is 0 Å². The molecule has 3 N–H and O–H groups in total. The van der Waals surface area contributed by atoms with Crippen molar-refractivity contribution in [2.45, 2.75) is 18.9 Å². The smallest absolute Gasteiger partial charge is 0.255 e. The van der Waals surface area contributed by atoms with E-state index < -0.39 is 0 Å². The minimum absolute atomic E-state index is 0. The summed E-state index contributed by atoms with van der Waals surface area (Å²) in [6.45, 7) is 1.60. The van der Waals surface area contributed by atoms with Gasteiger partial charge in [-0.25, -0.2) is 0 Å². The third kappa shape index (κ3) is 3.89. The highest BCUT2D eigenvalue weighted by molar-refractivity contribution is 6.00. The van der Waals surface area contributed by atoms with Crippen molar-refractivity contribution in [3.63, 3.8) is 0 Å². The van der Waals surface area contributed by atoms with Crippen LogP contribution in [0.3, 0.4) is 0 Å². The van der Waals surface area contributed by atoms with Crippen LogP contribution in [0.2, 0.25) is 0 Å². The SMILES string of the molecule is COc1cccc(Nc2ccccc2C(=O)N2CC3CCC(N)C3C2)c1.Cl. The molecule has 0 spiro atoms. The van der Waals surface area contributed by atoms with Gasteiger partial charge in [-0.1, -0.05) is 18.2 Å². The van der Waals surface area contributed by atoms with Crippen LogP contribution >= 0.6 is 12.4 Å². The Labute approximate surface area is 166 Å². The average molecular weight is 388 g/mol. The lowest BCUT2D eigenvalue weighted by molar-refractivity contribution is 0.0780. The maximum absolute atomic E-state index is 13.1. The van der Waals surface area contributed by atoms with Crippen molar-refractivity contribution in [3.8, 4) is 5.75 Å². The Balaban J connectivity index is 0.00000210. The van der Waals surface area contributed by atoms with Crippen LogP contribution in [0, 0.1) is 11.8 Å². The van der Waals surface area contributed by atoms with E-state index in [0.717, 1.165) is 43.1 Å². The van der Waals surface area contributed by atoms with Gasteiger partial charge in [0, 0.05) is 30.9 Å². The molecule has 2 aromatic rings. The number of para-hydroxylation sites is 1. The van der Waals surface area contributed by atoms with Gasteiger partial charge in [0.25, 0.3) is 5.91 Å². The molecule has 1 saturated carbocycles. The highest BCUT2D eigenvalue weighted by Crippen LogP contribution is 2.38. The molecular formula is C21H26ClN3O2. The minimum atomic E-state index is 0. The summed E-state index contributed by atoms with van der Waals surface area (Å²) in [4.78, 5) is 15.1. The standard InChI is InChI=1S/C21H25N3O2.ClH/c1-26-16-6-4-5-15(11-16)23-20-8-3-2-7-17(20)21(25)24-12-14-9-10-19(22)18(14)13-24;/h2-8,11,14,18-19,23H,9-10,12-13,22H2,1H3;1H. The van der Waals surface area contributed by atoms with E-state index in [1.54, 1.807) is 7.11 Å². The molecule has 0 radical (unpaired) electrons. The number of hydrogen-bond acceptors (Lipinski definition) is 4. The maximum atomic E-state index is 13.1. The fourth-order valence-corrected chi connectivity index (χ4v) is 4.28. The molecule has 0 bridgehead atoms. The summed E-state index contributed by atoms with van der Waals surface area (Å²) in [6.07, 6.45) is 2.23. The normalized spacial score (nSPS) is 23.5. The molecule has 2 aliphatic rings. The first-order valence-electron chi connectivity index (χ1n) is 9.20. The number of nitrogens with one attached hydrogen (secondary N) is 1. The molecule has 144 valence electrons. The van der Waals surface area contributed by atoms with Gasteiger partial charge in [-0.05, 0) is 48.9 Å². The number of ether oxygens (including phenoxy) is 1. The Bertz CT molecular complexity index is 814. The van der Waals surface area contributed by atoms with Gasteiger partial charge in [-0.2, -0.15) is 0 Å². The number of benzene rings is 2. The third-order valence-electron chi connectivity index (χ3n) is 5.71. The van der Waals surface area contributed by atoms with E-state index >= 15 is 0 Å². The van der Waals surface area contributed by atoms with Gasteiger partial charge < -0.3 is 20.7 Å². The lowest BCUT2D eigenvalue weighted by Crippen LogP contribution is -2.33. The molecular weight excluding hydrogens is 362 g/mol. The van der Waals surface area contributed by atoms with Crippen molar-refractivity contribution < 1.29 is 9.53 Å². The van der Waals surface area contributed by atoms with Crippen molar-refractivity contribution >= 4 is 29.7 Å². The largest absolute Gasteiger partial charge is 0.497 e. The van der Waals surface area contributed by atoms with Crippen LogP contribution in [-0.4, -0.2) is 37.0 Å². The third-order valence-corrected chi connectivity index (χ3v) is 5.71. The van der Waals surface area contributed by atoms with Crippen molar-refractivity contribution in [1.82, 2.24) is 4.90 Å². The Hall–Kier alpha value is -2.24. The lowest BCUT2D eigenvalue weighted by Gasteiger charge is -2.21. The summed E-state index contributed by atoms with van der Waals surface area (Å²) in [5.41, 5.74) is 8.62. The predicted octanol–water partition coefficient (Wildman–Crippen LogP) is 3.67. The monoisotopic (exact) mass is 387 g/mol. The second kappa shape index (κ2) is 8.19. The topological polar surface area (TPSA) is 67.6 Å². The maximum Gasteiger partial charge on any atom is 0.255 e. The fourth-order valence-electron chi connectivity index (χ4n) is 4.28. The highest BCUT2D eigenvalue weighted by atomic mass is 35.5. The summed E-state index contributed by atoms with van der Waals surface area (Å²) in [5.74, 6) is 1.88. The Kier molecular flexibility index (Phi) is 5.92. The number of nitrogens with two attached hydrogens (primary N) is 1. The lowest BCUT2D eigenvalue weighted by atomic mass is 9.98. The first-order valence-corrected chi connectivity index (χ1v) is 9.20. The van der Waals surface area contributed by atoms with Crippen molar-refractivity contribution in [2.24, 2.45) is 17.6 Å². The number of halogens is 1. The molecule has 5 nitrogen and oxygen atoms in total. The molecule has 3 unspecified atom stereocenters. The molecule has 1 amide bonds. The predicted molar refractivity (Wildman–Crippen MR) is 110 cm³/mol. The van der Waals surface area contributed by atoms with Gasteiger partial charge in [-0.15, -0.1) is 12.4 Å². The Morgan fingerprint density at radius 1 is 1.15 bits per heavy atom. The molecule has 2 fully saturated rings. The van der Waals surface area contributed by atoms with Crippen LogP contribution in [0.4, 0.5) is 11.4 Å². The van der Waals surface area contributed by atoms with Crippen LogP contribution in [0.25, 0.3) is 0 Å². The Morgan fingerprint density at radius 3 is 2.74 bits per heavy atom. The second-order valence-corrected chi connectivity index (χ2v) is 7.28. The van der Waals surface area contributed by atoms with Crippen LogP contribution in [0.1, 0.15) is 23.2 Å². The van der Waals surface area contributed by atoms with E-state index in [1.807, 2.05) is 53.4 Å². The molecule has 1 saturated heterocycles. The summed E-state index contributed by atoms with van der Waals surface area (Å²) >= 11 is 0. The van der Waals surface area contributed by atoms with Crippen molar-refractivity contribution in [3.05, 3.63) is 54.1 Å². The number of rotatable bonds is 4. The van der Waals surface area contributed by atoms with Crippen molar-refractivity contribution in [2.75, 3.05) is 25.5 Å². The number of hydrogen-bond donors (Lipinski definition) is 2. The van der Waals surface area contributed by atoms with E-state index in [9.17, 15) is 4.79 Å². The number of carbonyl (C=O) groups excluding carboxylic acids is 1. The van der Waals surface area contributed by atoms with E-state index in [4.69, 9.17) is 10.5 Å². The summed E-state index contributed by atoms with van der Waals surface area (Å²) in [5, 5.41) is 3.36. The summed E-state index contributed by atoms with van der Waals surface area (Å²) in [6, 6.07) is 15.6. The van der Waals surface area contributed by atoms with E-state index in [-0.39, 0.29) is 24.4 Å². The number of nitrogens with zero attached hydrogens (tertiary/aromatic N) is 1. The van der Waals surface area contributed by atoms with Crippen molar-refractivity contribution in [1.29, 1.82) is 0 Å². The van der Waals surface area contributed by atoms with Gasteiger partial charge in [0.2, 0.25) is 0 Å². The molecule has 2 aromatic carbocycles. The number of amides is 1.